The van der Waals surface area contributed by atoms with Gasteiger partial charge in [-0.1, -0.05) is 30.3 Å². The molecule has 1 amide bonds. The highest BCUT2D eigenvalue weighted by Crippen LogP contribution is 2.34. The third-order valence-corrected chi connectivity index (χ3v) is 4.29. The molecule has 0 bridgehead atoms. The Kier molecular flexibility index (Phi) is 5.76. The molecule has 1 aliphatic rings. The highest BCUT2D eigenvalue weighted by atomic mass is 16.5. The molecular formula is C17H26N2O2. The Morgan fingerprint density at radius 1 is 1.33 bits per heavy atom. The van der Waals surface area contributed by atoms with Crippen molar-refractivity contribution in [2.75, 3.05) is 19.8 Å². The Bertz CT molecular complexity index is 439. The summed E-state index contributed by atoms with van der Waals surface area (Å²) in [5.74, 6) is 0.0918. The van der Waals surface area contributed by atoms with Gasteiger partial charge < -0.3 is 15.8 Å². The normalized spacial score (nSPS) is 19.0. The molecule has 0 aromatic heterocycles. The first-order valence-electron chi connectivity index (χ1n) is 7.78. The van der Waals surface area contributed by atoms with E-state index >= 15 is 0 Å². The van der Waals surface area contributed by atoms with Crippen LogP contribution in [0.25, 0.3) is 0 Å². The number of nitrogens with two attached hydrogens (primary N) is 1. The van der Waals surface area contributed by atoms with Crippen LogP contribution in [0.4, 0.5) is 0 Å². The largest absolute Gasteiger partial charge is 0.381 e. The zero-order valence-corrected chi connectivity index (χ0v) is 12.8. The summed E-state index contributed by atoms with van der Waals surface area (Å²) in [6.45, 7) is 4.12. The molecular weight excluding hydrogens is 264 g/mol. The molecule has 1 fully saturated rings. The van der Waals surface area contributed by atoms with Crippen LogP contribution >= 0.6 is 0 Å². The topological polar surface area (TPSA) is 64.4 Å². The molecule has 4 nitrogen and oxygen atoms in total. The van der Waals surface area contributed by atoms with Crippen LogP contribution in [-0.4, -0.2) is 31.7 Å². The van der Waals surface area contributed by atoms with Gasteiger partial charge in [0, 0.05) is 37.6 Å². The molecule has 0 spiro atoms. The molecule has 0 saturated carbocycles. The average Bonchev–Trinajstić information content (AvgIpc) is 2.52. The van der Waals surface area contributed by atoms with Gasteiger partial charge in [-0.05, 0) is 31.7 Å². The number of hydrogen-bond acceptors (Lipinski definition) is 3. The highest BCUT2D eigenvalue weighted by Gasteiger charge is 2.34. The Labute approximate surface area is 127 Å². The van der Waals surface area contributed by atoms with Crippen LogP contribution in [0.3, 0.4) is 0 Å². The maximum Gasteiger partial charge on any atom is 0.220 e. The van der Waals surface area contributed by atoms with Crippen molar-refractivity contribution in [1.82, 2.24) is 5.32 Å². The molecule has 1 heterocycles. The molecule has 1 unspecified atom stereocenters. The van der Waals surface area contributed by atoms with Crippen molar-refractivity contribution in [3.05, 3.63) is 35.9 Å². The fourth-order valence-corrected chi connectivity index (χ4v) is 2.84. The minimum Gasteiger partial charge on any atom is -0.381 e. The van der Waals surface area contributed by atoms with Gasteiger partial charge in [0.15, 0.2) is 0 Å². The molecule has 1 aliphatic heterocycles. The summed E-state index contributed by atoms with van der Waals surface area (Å²) < 4.78 is 5.50. The highest BCUT2D eigenvalue weighted by molar-refractivity contribution is 5.76. The van der Waals surface area contributed by atoms with E-state index in [0.29, 0.717) is 13.0 Å². The predicted octanol–water partition coefficient (Wildman–Crippen LogP) is 1.98. The molecule has 116 valence electrons. The summed E-state index contributed by atoms with van der Waals surface area (Å²) in [6, 6.07) is 10.5. The average molecular weight is 290 g/mol. The smallest absolute Gasteiger partial charge is 0.220 e. The van der Waals surface area contributed by atoms with Crippen LogP contribution in [-0.2, 0) is 14.9 Å². The lowest BCUT2D eigenvalue weighted by atomic mass is 9.74. The van der Waals surface area contributed by atoms with E-state index in [4.69, 9.17) is 10.5 Å². The first kappa shape index (κ1) is 16.0. The maximum atomic E-state index is 12.0. The van der Waals surface area contributed by atoms with Gasteiger partial charge in [0.1, 0.15) is 0 Å². The number of amides is 1. The van der Waals surface area contributed by atoms with Crippen LogP contribution in [0.1, 0.15) is 38.2 Å². The molecule has 0 aliphatic carbocycles. The number of benzene rings is 1. The molecule has 1 atom stereocenters. The maximum absolute atomic E-state index is 12.0. The van der Waals surface area contributed by atoms with Crippen molar-refractivity contribution >= 4 is 5.91 Å². The number of ether oxygens (including phenoxy) is 1. The lowest BCUT2D eigenvalue weighted by molar-refractivity contribution is -0.121. The van der Waals surface area contributed by atoms with Crippen molar-refractivity contribution in [3.8, 4) is 0 Å². The summed E-state index contributed by atoms with van der Waals surface area (Å²) in [4.78, 5) is 12.0. The van der Waals surface area contributed by atoms with E-state index in [1.54, 1.807) is 0 Å². The summed E-state index contributed by atoms with van der Waals surface area (Å²) >= 11 is 0. The molecule has 3 N–H and O–H groups in total. The lowest BCUT2D eigenvalue weighted by Gasteiger charge is -2.38. The van der Waals surface area contributed by atoms with E-state index in [9.17, 15) is 4.79 Å². The van der Waals surface area contributed by atoms with Gasteiger partial charge in [-0.2, -0.15) is 0 Å². The SMILES string of the molecule is CC(N)CCC(=O)NCC1(c2ccccc2)CCOCC1. The van der Waals surface area contributed by atoms with Crippen molar-refractivity contribution in [1.29, 1.82) is 0 Å². The lowest BCUT2D eigenvalue weighted by Crippen LogP contribution is -2.44. The Balaban J connectivity index is 1.99. The van der Waals surface area contributed by atoms with Gasteiger partial charge >= 0.3 is 0 Å². The van der Waals surface area contributed by atoms with Crippen LogP contribution < -0.4 is 11.1 Å². The zero-order valence-electron chi connectivity index (χ0n) is 12.8. The van der Waals surface area contributed by atoms with Crippen molar-refractivity contribution in [2.24, 2.45) is 5.73 Å². The second-order valence-electron chi connectivity index (χ2n) is 6.05. The van der Waals surface area contributed by atoms with E-state index in [1.165, 1.54) is 5.56 Å². The van der Waals surface area contributed by atoms with Gasteiger partial charge in [0.2, 0.25) is 5.91 Å². The van der Waals surface area contributed by atoms with E-state index in [0.717, 1.165) is 32.5 Å². The Hall–Kier alpha value is -1.39. The molecule has 0 radical (unpaired) electrons. The fraction of sp³-hybridized carbons (Fsp3) is 0.588. The quantitative estimate of drug-likeness (QED) is 0.842. The van der Waals surface area contributed by atoms with E-state index < -0.39 is 0 Å². The van der Waals surface area contributed by atoms with Crippen LogP contribution in [0.5, 0.6) is 0 Å². The van der Waals surface area contributed by atoms with Gasteiger partial charge in [-0.15, -0.1) is 0 Å². The van der Waals surface area contributed by atoms with E-state index in [2.05, 4.69) is 29.6 Å². The van der Waals surface area contributed by atoms with Crippen molar-refractivity contribution < 1.29 is 9.53 Å². The number of carbonyl (C=O) groups is 1. The van der Waals surface area contributed by atoms with Gasteiger partial charge in [0.25, 0.3) is 0 Å². The van der Waals surface area contributed by atoms with Gasteiger partial charge in [-0.3, -0.25) is 4.79 Å². The van der Waals surface area contributed by atoms with E-state index in [-0.39, 0.29) is 17.4 Å². The van der Waals surface area contributed by atoms with Gasteiger partial charge in [-0.25, -0.2) is 0 Å². The zero-order chi connectivity index (χ0) is 15.1. The molecule has 21 heavy (non-hydrogen) atoms. The minimum atomic E-state index is 0.00347. The standard InChI is InChI=1S/C17H26N2O2/c1-14(18)7-8-16(20)19-13-17(9-11-21-12-10-17)15-5-3-2-4-6-15/h2-6,14H,7-13,18H2,1H3,(H,19,20). The van der Waals surface area contributed by atoms with Crippen LogP contribution in [0.2, 0.25) is 0 Å². The molecule has 1 aromatic rings. The number of carbonyl (C=O) groups excluding carboxylic acids is 1. The second-order valence-corrected chi connectivity index (χ2v) is 6.05. The van der Waals surface area contributed by atoms with Crippen molar-refractivity contribution in [3.63, 3.8) is 0 Å². The minimum absolute atomic E-state index is 0.00347. The number of rotatable bonds is 6. The molecule has 2 rings (SSSR count). The second kappa shape index (κ2) is 7.57. The molecule has 1 saturated heterocycles. The summed E-state index contributed by atoms with van der Waals surface area (Å²) in [6.07, 6.45) is 3.13. The number of nitrogens with one attached hydrogen (secondary N) is 1. The summed E-state index contributed by atoms with van der Waals surface area (Å²) in [7, 11) is 0. The summed E-state index contributed by atoms with van der Waals surface area (Å²) in [5.41, 5.74) is 7.00. The molecule has 1 aromatic carbocycles. The Morgan fingerprint density at radius 2 is 2.00 bits per heavy atom. The van der Waals surface area contributed by atoms with Gasteiger partial charge in [0.05, 0.1) is 0 Å². The van der Waals surface area contributed by atoms with E-state index in [1.807, 2.05) is 13.0 Å². The third kappa shape index (κ3) is 4.55. The predicted molar refractivity (Wildman–Crippen MR) is 84.1 cm³/mol. The van der Waals surface area contributed by atoms with Crippen LogP contribution in [0, 0.1) is 0 Å². The van der Waals surface area contributed by atoms with Crippen molar-refractivity contribution in [2.45, 2.75) is 44.1 Å². The fourth-order valence-electron chi connectivity index (χ4n) is 2.84. The van der Waals surface area contributed by atoms with Crippen LogP contribution in [0.15, 0.2) is 30.3 Å². The number of hydrogen-bond donors (Lipinski definition) is 2. The first-order valence-corrected chi connectivity index (χ1v) is 7.78. The first-order chi connectivity index (χ1) is 10.1. The molecule has 4 heteroatoms. The summed E-state index contributed by atoms with van der Waals surface area (Å²) in [5, 5.41) is 3.10. The Morgan fingerprint density at radius 3 is 2.62 bits per heavy atom. The third-order valence-electron chi connectivity index (χ3n) is 4.29. The monoisotopic (exact) mass is 290 g/mol.